The molecule has 0 aromatic heterocycles. The van der Waals surface area contributed by atoms with Crippen LogP contribution in [0.2, 0.25) is 0 Å². The number of para-hydroxylation sites is 1. The predicted octanol–water partition coefficient (Wildman–Crippen LogP) is 1.00. The van der Waals surface area contributed by atoms with Gasteiger partial charge in [0.15, 0.2) is 15.8 Å². The molecule has 1 atom stereocenters. The summed E-state index contributed by atoms with van der Waals surface area (Å²) in [6.07, 6.45) is 1.41. The highest BCUT2D eigenvalue weighted by Gasteiger charge is 2.28. The van der Waals surface area contributed by atoms with Crippen molar-refractivity contribution in [3.05, 3.63) is 30.1 Å². The third-order valence-corrected chi connectivity index (χ3v) is 5.79. The number of nitrogens with one attached hydrogen (secondary N) is 2. The summed E-state index contributed by atoms with van der Waals surface area (Å²) in [5.41, 5.74) is 0.580. The molecule has 0 aliphatic carbocycles. The number of guanidine groups is 1. The maximum Gasteiger partial charge on any atom is 0.191 e. The summed E-state index contributed by atoms with van der Waals surface area (Å²) in [6, 6.07) is 6.61. The van der Waals surface area contributed by atoms with Gasteiger partial charge in [0, 0.05) is 33.2 Å². The highest BCUT2D eigenvalue weighted by Crippen LogP contribution is 2.16. The van der Waals surface area contributed by atoms with E-state index >= 15 is 0 Å². The first-order valence-corrected chi connectivity index (χ1v) is 9.86. The van der Waals surface area contributed by atoms with Gasteiger partial charge in [-0.3, -0.25) is 4.99 Å². The zero-order valence-corrected chi connectivity index (χ0v) is 14.9. The standard InChI is InChI=1S/C16H25FN4O2S/c1-18-16(20-13-8-11-24(22,23)12-13)19-9-5-10-21(2)15-7-4-3-6-14(15)17/h3-4,6-7,13H,5,8-12H2,1-2H3,(H2,18,19,20). The van der Waals surface area contributed by atoms with E-state index in [-0.39, 0.29) is 23.4 Å². The van der Waals surface area contributed by atoms with E-state index in [1.807, 2.05) is 18.0 Å². The molecule has 24 heavy (non-hydrogen) atoms. The molecule has 1 fully saturated rings. The van der Waals surface area contributed by atoms with E-state index in [0.29, 0.717) is 31.2 Å². The van der Waals surface area contributed by atoms with Gasteiger partial charge in [-0.05, 0) is 25.0 Å². The molecule has 1 heterocycles. The second kappa shape index (κ2) is 8.32. The summed E-state index contributed by atoms with van der Waals surface area (Å²) in [4.78, 5) is 5.99. The molecule has 0 amide bonds. The van der Waals surface area contributed by atoms with Gasteiger partial charge in [0.25, 0.3) is 0 Å². The van der Waals surface area contributed by atoms with Crippen LogP contribution in [-0.4, -0.2) is 59.1 Å². The lowest BCUT2D eigenvalue weighted by Gasteiger charge is -2.21. The fourth-order valence-corrected chi connectivity index (χ4v) is 4.37. The van der Waals surface area contributed by atoms with E-state index in [2.05, 4.69) is 15.6 Å². The number of aliphatic imine (C=N–C) groups is 1. The molecule has 6 nitrogen and oxygen atoms in total. The summed E-state index contributed by atoms with van der Waals surface area (Å²) in [6.45, 7) is 1.36. The van der Waals surface area contributed by atoms with Gasteiger partial charge in [0.2, 0.25) is 0 Å². The molecule has 2 rings (SSSR count). The number of nitrogens with zero attached hydrogens (tertiary/aromatic N) is 2. The molecule has 0 saturated carbocycles. The smallest absolute Gasteiger partial charge is 0.191 e. The van der Waals surface area contributed by atoms with Gasteiger partial charge in [-0.2, -0.15) is 0 Å². The number of rotatable bonds is 6. The second-order valence-electron chi connectivity index (χ2n) is 5.97. The normalized spacial score (nSPS) is 20.0. The van der Waals surface area contributed by atoms with Gasteiger partial charge in [0.1, 0.15) is 5.82 Å². The lowest BCUT2D eigenvalue weighted by Crippen LogP contribution is -2.44. The molecule has 8 heteroatoms. The van der Waals surface area contributed by atoms with Crippen molar-refractivity contribution in [3.8, 4) is 0 Å². The highest BCUT2D eigenvalue weighted by molar-refractivity contribution is 7.91. The molecule has 0 radical (unpaired) electrons. The minimum Gasteiger partial charge on any atom is -0.372 e. The van der Waals surface area contributed by atoms with Crippen molar-refractivity contribution in [1.29, 1.82) is 0 Å². The fraction of sp³-hybridized carbons (Fsp3) is 0.562. The quantitative estimate of drug-likeness (QED) is 0.452. The summed E-state index contributed by atoms with van der Waals surface area (Å²) >= 11 is 0. The maximum atomic E-state index is 13.7. The van der Waals surface area contributed by atoms with E-state index in [9.17, 15) is 12.8 Å². The maximum absolute atomic E-state index is 13.7. The summed E-state index contributed by atoms with van der Waals surface area (Å²) in [5, 5.41) is 6.31. The van der Waals surface area contributed by atoms with Crippen LogP contribution in [0.5, 0.6) is 0 Å². The zero-order valence-electron chi connectivity index (χ0n) is 14.1. The molecular formula is C16H25FN4O2S. The molecular weight excluding hydrogens is 331 g/mol. The number of sulfone groups is 1. The molecule has 1 aliphatic rings. The second-order valence-corrected chi connectivity index (χ2v) is 8.20. The third-order valence-electron chi connectivity index (χ3n) is 4.02. The van der Waals surface area contributed by atoms with Crippen LogP contribution in [-0.2, 0) is 9.84 Å². The number of hydrogen-bond acceptors (Lipinski definition) is 4. The van der Waals surface area contributed by atoms with Crippen molar-refractivity contribution in [1.82, 2.24) is 10.6 Å². The molecule has 0 spiro atoms. The van der Waals surface area contributed by atoms with E-state index in [1.54, 1.807) is 19.2 Å². The Morgan fingerprint density at radius 1 is 1.42 bits per heavy atom. The van der Waals surface area contributed by atoms with Crippen LogP contribution in [0.4, 0.5) is 10.1 Å². The first-order valence-electron chi connectivity index (χ1n) is 8.04. The van der Waals surface area contributed by atoms with E-state index in [0.717, 1.165) is 6.42 Å². The molecule has 0 bridgehead atoms. The SMILES string of the molecule is CN=C(NCCCN(C)c1ccccc1F)NC1CCS(=O)(=O)C1. The summed E-state index contributed by atoms with van der Waals surface area (Å²) in [7, 11) is 0.605. The largest absolute Gasteiger partial charge is 0.372 e. The molecule has 1 aromatic carbocycles. The van der Waals surface area contributed by atoms with Gasteiger partial charge in [-0.25, -0.2) is 12.8 Å². The monoisotopic (exact) mass is 356 g/mol. The van der Waals surface area contributed by atoms with Crippen LogP contribution < -0.4 is 15.5 Å². The average molecular weight is 356 g/mol. The molecule has 134 valence electrons. The van der Waals surface area contributed by atoms with Gasteiger partial charge < -0.3 is 15.5 Å². The zero-order chi connectivity index (χ0) is 17.6. The number of halogens is 1. The Morgan fingerprint density at radius 3 is 2.79 bits per heavy atom. The average Bonchev–Trinajstić information content (AvgIpc) is 2.89. The Labute approximate surface area is 143 Å². The topological polar surface area (TPSA) is 73.8 Å². The van der Waals surface area contributed by atoms with Crippen LogP contribution >= 0.6 is 0 Å². The molecule has 1 aliphatic heterocycles. The van der Waals surface area contributed by atoms with Gasteiger partial charge in [0.05, 0.1) is 17.2 Å². The van der Waals surface area contributed by atoms with E-state index < -0.39 is 9.84 Å². The van der Waals surface area contributed by atoms with Gasteiger partial charge in [-0.1, -0.05) is 12.1 Å². The van der Waals surface area contributed by atoms with Crippen molar-refractivity contribution >= 4 is 21.5 Å². The van der Waals surface area contributed by atoms with Crippen molar-refractivity contribution in [3.63, 3.8) is 0 Å². The van der Waals surface area contributed by atoms with Crippen LogP contribution in [0, 0.1) is 5.82 Å². The van der Waals surface area contributed by atoms with E-state index in [4.69, 9.17) is 0 Å². The Bertz CT molecular complexity index is 678. The minimum absolute atomic E-state index is 0.0812. The number of anilines is 1. The highest BCUT2D eigenvalue weighted by atomic mass is 32.2. The van der Waals surface area contributed by atoms with Crippen LogP contribution in [0.1, 0.15) is 12.8 Å². The minimum atomic E-state index is -2.91. The lowest BCUT2D eigenvalue weighted by molar-refractivity contribution is 0.599. The molecule has 1 unspecified atom stereocenters. The van der Waals surface area contributed by atoms with Crippen LogP contribution in [0.15, 0.2) is 29.3 Å². The summed E-state index contributed by atoms with van der Waals surface area (Å²) < 4.78 is 36.6. The van der Waals surface area contributed by atoms with Crippen LogP contribution in [0.3, 0.4) is 0 Å². The first-order chi connectivity index (χ1) is 11.4. The Balaban J connectivity index is 1.72. The third kappa shape index (κ3) is 5.36. The Morgan fingerprint density at radius 2 is 2.17 bits per heavy atom. The van der Waals surface area contributed by atoms with Gasteiger partial charge in [-0.15, -0.1) is 0 Å². The Kier molecular flexibility index (Phi) is 6.42. The van der Waals surface area contributed by atoms with Gasteiger partial charge >= 0.3 is 0 Å². The van der Waals surface area contributed by atoms with Crippen molar-refractivity contribution in [2.75, 3.05) is 43.6 Å². The fourth-order valence-electron chi connectivity index (χ4n) is 2.70. The van der Waals surface area contributed by atoms with Crippen molar-refractivity contribution < 1.29 is 12.8 Å². The predicted molar refractivity (Wildman–Crippen MR) is 95.8 cm³/mol. The van der Waals surface area contributed by atoms with Crippen molar-refractivity contribution in [2.24, 2.45) is 4.99 Å². The molecule has 2 N–H and O–H groups in total. The van der Waals surface area contributed by atoms with E-state index in [1.165, 1.54) is 6.07 Å². The van der Waals surface area contributed by atoms with Crippen molar-refractivity contribution in [2.45, 2.75) is 18.9 Å². The van der Waals surface area contributed by atoms with Crippen LogP contribution in [0.25, 0.3) is 0 Å². The number of benzene rings is 1. The molecule has 1 aromatic rings. The molecule has 1 saturated heterocycles. The summed E-state index contributed by atoms with van der Waals surface area (Å²) in [5.74, 6) is 0.761. The first kappa shape index (κ1) is 18.5. The number of hydrogen-bond donors (Lipinski definition) is 2. The Hall–Kier alpha value is -1.83. The lowest BCUT2D eigenvalue weighted by atomic mass is 10.2.